The molecule has 0 atom stereocenters. The van der Waals surface area contributed by atoms with Crippen LogP contribution >= 0.6 is 11.8 Å². The number of aromatic nitrogens is 1. The van der Waals surface area contributed by atoms with Gasteiger partial charge in [-0.15, -0.1) is 11.8 Å². The van der Waals surface area contributed by atoms with Crippen LogP contribution in [0.3, 0.4) is 0 Å². The van der Waals surface area contributed by atoms with E-state index in [0.717, 1.165) is 6.07 Å². The third kappa shape index (κ3) is 5.20. The van der Waals surface area contributed by atoms with Gasteiger partial charge < -0.3 is 10.2 Å². The highest BCUT2D eigenvalue weighted by Gasteiger charge is 2.33. The number of pyridine rings is 1. The minimum atomic E-state index is -4.50. The number of hydrazone groups is 1. The molecule has 156 valence electrons. The molecule has 0 aliphatic heterocycles. The topological polar surface area (TPSA) is 94.8 Å². The quantitative estimate of drug-likeness (QED) is 0.232. The van der Waals surface area contributed by atoms with Crippen LogP contribution in [0.1, 0.15) is 17.5 Å². The number of phenolic OH excluding ortho intramolecular Hbond substituents is 2. The Bertz CT molecular complexity index is 1100. The third-order valence-corrected chi connectivity index (χ3v) is 5.10. The number of alkyl halides is 3. The Morgan fingerprint density at radius 2 is 1.97 bits per heavy atom. The maximum absolute atomic E-state index is 13.2. The molecule has 0 aliphatic carbocycles. The van der Waals surface area contributed by atoms with Crippen molar-refractivity contribution in [3.05, 3.63) is 59.8 Å². The fraction of sp³-hybridized carbons (Fsp3) is 0.150. The van der Waals surface area contributed by atoms with Gasteiger partial charge in [-0.3, -0.25) is 9.78 Å². The van der Waals surface area contributed by atoms with E-state index in [9.17, 15) is 28.2 Å². The summed E-state index contributed by atoms with van der Waals surface area (Å²) in [6.07, 6.45) is -1.79. The van der Waals surface area contributed by atoms with Crippen molar-refractivity contribution in [2.75, 3.05) is 5.75 Å². The van der Waals surface area contributed by atoms with Crippen molar-refractivity contribution in [1.82, 2.24) is 10.4 Å². The van der Waals surface area contributed by atoms with Gasteiger partial charge in [-0.05, 0) is 35.9 Å². The summed E-state index contributed by atoms with van der Waals surface area (Å²) in [6.45, 7) is 0. The monoisotopic (exact) mass is 435 g/mol. The summed E-state index contributed by atoms with van der Waals surface area (Å²) < 4.78 is 39.5. The molecule has 0 saturated carbocycles. The number of fused-ring (bicyclic) bond motifs is 1. The number of hydrogen-bond acceptors (Lipinski definition) is 6. The second kappa shape index (κ2) is 9.04. The molecule has 0 spiro atoms. The Kier molecular flexibility index (Phi) is 6.46. The van der Waals surface area contributed by atoms with Gasteiger partial charge in [0.05, 0.1) is 17.3 Å². The summed E-state index contributed by atoms with van der Waals surface area (Å²) in [4.78, 5) is 16.4. The number of halogens is 3. The molecule has 30 heavy (non-hydrogen) atoms. The highest BCUT2D eigenvalue weighted by atomic mass is 32.2. The number of carbonyl (C=O) groups is 1. The number of rotatable bonds is 6. The van der Waals surface area contributed by atoms with Crippen LogP contribution in [0, 0.1) is 0 Å². The van der Waals surface area contributed by atoms with Crippen molar-refractivity contribution in [2.45, 2.75) is 17.5 Å². The zero-order valence-corrected chi connectivity index (χ0v) is 16.2. The maximum Gasteiger partial charge on any atom is 0.418 e. The lowest BCUT2D eigenvalue weighted by Crippen LogP contribution is -2.17. The molecule has 0 fully saturated rings. The second-order valence-electron chi connectivity index (χ2n) is 6.15. The van der Waals surface area contributed by atoms with Gasteiger partial charge >= 0.3 is 6.18 Å². The zero-order chi connectivity index (χ0) is 21.7. The molecular formula is C20H16F3N3O3S. The molecule has 10 heteroatoms. The number of para-hydroxylation sites is 1. The molecule has 3 N–H and O–H groups in total. The van der Waals surface area contributed by atoms with E-state index in [1.807, 2.05) is 0 Å². The number of hydrogen-bond donors (Lipinski definition) is 3. The Balaban J connectivity index is 1.58. The fourth-order valence-electron chi connectivity index (χ4n) is 2.61. The molecule has 3 rings (SSSR count). The standard InChI is InChI=1S/C20H16F3N3O3S/c21-20(22,23)14-3-1-2-13-17(6-8-24-19(13)14)30-9-7-18(29)26-25-11-12-4-5-15(27)16(28)10-12/h1-6,8,10-11,27-28H,7,9H2,(H,26,29)/b25-11+. The molecule has 0 aliphatic rings. The third-order valence-electron chi connectivity index (χ3n) is 4.03. The summed E-state index contributed by atoms with van der Waals surface area (Å²) in [6, 6.07) is 9.58. The van der Waals surface area contributed by atoms with Crippen LogP contribution in [0.15, 0.2) is 58.7 Å². The van der Waals surface area contributed by atoms with Crippen LogP contribution in [-0.4, -0.2) is 33.1 Å². The predicted octanol–water partition coefficient (Wildman–Crippen LogP) is 4.30. The van der Waals surface area contributed by atoms with Gasteiger partial charge in [-0.2, -0.15) is 18.3 Å². The van der Waals surface area contributed by atoms with Crippen LogP contribution in [0.5, 0.6) is 11.5 Å². The second-order valence-corrected chi connectivity index (χ2v) is 7.29. The van der Waals surface area contributed by atoms with Gasteiger partial charge in [0.25, 0.3) is 0 Å². The van der Waals surface area contributed by atoms with Gasteiger partial charge in [-0.25, -0.2) is 5.43 Å². The molecule has 3 aromatic rings. The van der Waals surface area contributed by atoms with Crippen LogP contribution in [0.25, 0.3) is 10.9 Å². The smallest absolute Gasteiger partial charge is 0.418 e. The minimum Gasteiger partial charge on any atom is -0.504 e. The molecule has 0 unspecified atom stereocenters. The first-order valence-corrected chi connectivity index (χ1v) is 9.66. The van der Waals surface area contributed by atoms with Crippen LogP contribution in [0.2, 0.25) is 0 Å². The molecule has 2 aromatic carbocycles. The minimum absolute atomic E-state index is 0.0889. The van der Waals surface area contributed by atoms with Crippen molar-refractivity contribution in [3.63, 3.8) is 0 Å². The van der Waals surface area contributed by atoms with E-state index in [2.05, 4.69) is 15.5 Å². The molecule has 0 saturated heterocycles. The van der Waals surface area contributed by atoms with Crippen LogP contribution < -0.4 is 5.43 Å². The van der Waals surface area contributed by atoms with Gasteiger partial charge in [0.15, 0.2) is 11.5 Å². The van der Waals surface area contributed by atoms with E-state index in [1.54, 1.807) is 12.1 Å². The summed E-state index contributed by atoms with van der Waals surface area (Å²) >= 11 is 1.25. The van der Waals surface area contributed by atoms with E-state index in [-0.39, 0.29) is 29.3 Å². The lowest BCUT2D eigenvalue weighted by molar-refractivity contribution is -0.136. The molecule has 0 bridgehead atoms. The molecule has 1 aromatic heterocycles. The first-order valence-electron chi connectivity index (χ1n) is 8.67. The number of benzene rings is 2. The number of nitrogens with zero attached hydrogens (tertiary/aromatic N) is 2. The van der Waals surface area contributed by atoms with Crippen molar-refractivity contribution in [3.8, 4) is 11.5 Å². The summed E-state index contributed by atoms with van der Waals surface area (Å²) in [7, 11) is 0. The predicted molar refractivity (Wildman–Crippen MR) is 108 cm³/mol. The summed E-state index contributed by atoms with van der Waals surface area (Å²) in [5, 5.41) is 22.8. The van der Waals surface area contributed by atoms with Crippen LogP contribution in [0.4, 0.5) is 13.2 Å². The van der Waals surface area contributed by atoms with Crippen LogP contribution in [-0.2, 0) is 11.0 Å². The number of thioether (sulfide) groups is 1. The first kappa shape index (κ1) is 21.4. The number of phenols is 2. The lowest BCUT2D eigenvalue weighted by atomic mass is 10.1. The van der Waals surface area contributed by atoms with Crippen molar-refractivity contribution in [2.24, 2.45) is 5.10 Å². The van der Waals surface area contributed by atoms with Crippen molar-refractivity contribution < 1.29 is 28.2 Å². The van der Waals surface area contributed by atoms with E-state index < -0.39 is 11.7 Å². The number of carbonyl (C=O) groups excluding carboxylic acids is 1. The molecule has 6 nitrogen and oxygen atoms in total. The Hall–Kier alpha value is -3.27. The summed E-state index contributed by atoms with van der Waals surface area (Å²) in [5.41, 5.74) is 1.88. The first-order chi connectivity index (χ1) is 14.3. The zero-order valence-electron chi connectivity index (χ0n) is 15.3. The molecule has 1 amide bonds. The number of nitrogens with one attached hydrogen (secondary N) is 1. The number of amides is 1. The Morgan fingerprint density at radius 1 is 1.17 bits per heavy atom. The van der Waals surface area contributed by atoms with E-state index in [0.29, 0.717) is 21.6 Å². The summed E-state index contributed by atoms with van der Waals surface area (Å²) in [5.74, 6) is -0.619. The van der Waals surface area contributed by atoms with E-state index >= 15 is 0 Å². The van der Waals surface area contributed by atoms with Crippen molar-refractivity contribution in [1.29, 1.82) is 0 Å². The maximum atomic E-state index is 13.2. The lowest BCUT2D eigenvalue weighted by Gasteiger charge is -2.11. The molecular weight excluding hydrogens is 419 g/mol. The average molecular weight is 435 g/mol. The van der Waals surface area contributed by atoms with Gasteiger partial charge in [0, 0.05) is 28.7 Å². The van der Waals surface area contributed by atoms with Gasteiger partial charge in [-0.1, -0.05) is 12.1 Å². The van der Waals surface area contributed by atoms with Gasteiger partial charge in [0.2, 0.25) is 5.91 Å². The SMILES string of the molecule is O=C(CCSc1ccnc2c(C(F)(F)F)cccc12)N/N=C/c1ccc(O)c(O)c1. The Labute approximate surface area is 173 Å². The fourth-order valence-corrected chi connectivity index (χ4v) is 3.60. The average Bonchev–Trinajstić information content (AvgIpc) is 2.69. The highest BCUT2D eigenvalue weighted by Crippen LogP contribution is 2.36. The number of aromatic hydroxyl groups is 2. The normalized spacial score (nSPS) is 11.8. The molecule has 1 heterocycles. The largest absolute Gasteiger partial charge is 0.504 e. The van der Waals surface area contributed by atoms with E-state index in [4.69, 9.17) is 0 Å². The highest BCUT2D eigenvalue weighted by molar-refractivity contribution is 7.99. The van der Waals surface area contributed by atoms with Gasteiger partial charge in [0.1, 0.15) is 0 Å². The molecule has 0 radical (unpaired) electrons. The van der Waals surface area contributed by atoms with Crippen molar-refractivity contribution >= 4 is 34.8 Å². The Morgan fingerprint density at radius 3 is 2.70 bits per heavy atom. The van der Waals surface area contributed by atoms with E-state index in [1.165, 1.54) is 48.4 Å².